The molecule has 0 amide bonds. The average Bonchev–Trinajstić information content (AvgIpc) is 2.74. The van der Waals surface area contributed by atoms with Crippen molar-refractivity contribution in [2.24, 2.45) is 0 Å². The van der Waals surface area contributed by atoms with Crippen molar-refractivity contribution in [3.8, 4) is 11.8 Å². The first-order chi connectivity index (χ1) is 5.92. The van der Waals surface area contributed by atoms with E-state index in [1.165, 1.54) is 11.3 Å². The van der Waals surface area contributed by atoms with Gasteiger partial charge < -0.3 is 4.57 Å². The Morgan fingerprint density at radius 2 is 2.08 bits per heavy atom. The molecule has 58 valence electrons. The van der Waals surface area contributed by atoms with Gasteiger partial charge in [-0.25, -0.2) is 0 Å². The van der Waals surface area contributed by atoms with Crippen LogP contribution in [-0.2, 0) is 0 Å². The summed E-state index contributed by atoms with van der Waals surface area (Å²) >= 11 is 1.47. The molecule has 3 heteroatoms. The summed E-state index contributed by atoms with van der Waals surface area (Å²) in [6.45, 7) is 0. The molecule has 0 fully saturated rings. The molecule has 0 unspecified atom stereocenters. The molecule has 0 aliphatic heterocycles. The van der Waals surface area contributed by atoms with Crippen molar-refractivity contribution in [3.05, 3.63) is 40.8 Å². The lowest BCUT2D eigenvalue weighted by molar-refractivity contribution is 1.08. The zero-order chi connectivity index (χ0) is 8.39. The smallest absolute Gasteiger partial charge is 0.128 e. The average molecular weight is 174 g/mol. The predicted octanol–water partition coefficient (Wildman–Crippen LogP) is 2.41. The van der Waals surface area contributed by atoms with E-state index in [0.717, 1.165) is 10.6 Å². The fourth-order valence-electron chi connectivity index (χ4n) is 1.08. The molecule has 0 bridgehead atoms. The van der Waals surface area contributed by atoms with Crippen LogP contribution < -0.4 is 0 Å². The first-order valence-electron chi connectivity index (χ1n) is 3.53. The van der Waals surface area contributed by atoms with Crippen molar-refractivity contribution in [1.29, 1.82) is 5.26 Å². The fourth-order valence-corrected chi connectivity index (χ4v) is 1.76. The van der Waals surface area contributed by atoms with Gasteiger partial charge in [0.1, 0.15) is 10.9 Å². The molecule has 12 heavy (non-hydrogen) atoms. The molecule has 0 aliphatic rings. The lowest BCUT2D eigenvalue weighted by Crippen LogP contribution is -1.88. The second-order valence-electron chi connectivity index (χ2n) is 2.34. The number of aromatic nitrogens is 1. The van der Waals surface area contributed by atoms with Gasteiger partial charge in [0.15, 0.2) is 0 Å². The van der Waals surface area contributed by atoms with Gasteiger partial charge >= 0.3 is 0 Å². The van der Waals surface area contributed by atoms with Crippen LogP contribution in [0.15, 0.2) is 36.0 Å². The van der Waals surface area contributed by atoms with Crippen molar-refractivity contribution in [2.75, 3.05) is 0 Å². The maximum Gasteiger partial charge on any atom is 0.128 e. The minimum atomic E-state index is 0.756. The van der Waals surface area contributed by atoms with E-state index in [0.29, 0.717) is 0 Å². The van der Waals surface area contributed by atoms with Crippen molar-refractivity contribution in [3.63, 3.8) is 0 Å². The molecule has 2 nitrogen and oxygen atoms in total. The number of hydrogen-bond donors (Lipinski definition) is 0. The van der Waals surface area contributed by atoms with Crippen LogP contribution in [0.5, 0.6) is 0 Å². The van der Waals surface area contributed by atoms with Crippen LogP contribution in [0.3, 0.4) is 0 Å². The van der Waals surface area contributed by atoms with Crippen molar-refractivity contribution in [1.82, 2.24) is 4.57 Å². The maximum absolute atomic E-state index is 8.75. The number of nitriles is 1. The van der Waals surface area contributed by atoms with Gasteiger partial charge in [-0.05, 0) is 23.6 Å². The van der Waals surface area contributed by atoms with E-state index in [-0.39, 0.29) is 0 Å². The van der Waals surface area contributed by atoms with Crippen LogP contribution in [0.4, 0.5) is 0 Å². The second-order valence-corrected chi connectivity index (χ2v) is 3.25. The normalized spacial score (nSPS) is 9.58. The Morgan fingerprint density at radius 1 is 1.33 bits per heavy atom. The van der Waals surface area contributed by atoms with Crippen molar-refractivity contribution in [2.45, 2.75) is 0 Å². The SMILES string of the molecule is N#Cc1sccc1-n1cccc1. The molecular weight excluding hydrogens is 168 g/mol. The van der Waals surface area contributed by atoms with Gasteiger partial charge in [0.25, 0.3) is 0 Å². The third kappa shape index (κ3) is 1.03. The minimum absolute atomic E-state index is 0.756. The van der Waals surface area contributed by atoms with Crippen LogP contribution in [0, 0.1) is 11.3 Å². The van der Waals surface area contributed by atoms with Gasteiger partial charge in [-0.2, -0.15) is 5.26 Å². The highest BCUT2D eigenvalue weighted by Gasteiger charge is 2.02. The maximum atomic E-state index is 8.75. The first kappa shape index (κ1) is 7.14. The summed E-state index contributed by atoms with van der Waals surface area (Å²) in [5.41, 5.74) is 0.965. The number of rotatable bonds is 1. The Balaban J connectivity index is 2.55. The Morgan fingerprint density at radius 3 is 2.75 bits per heavy atom. The molecule has 0 saturated heterocycles. The Bertz CT molecular complexity index is 406. The van der Waals surface area contributed by atoms with Gasteiger partial charge in [-0.3, -0.25) is 0 Å². The van der Waals surface area contributed by atoms with E-state index in [1.807, 2.05) is 40.5 Å². The van der Waals surface area contributed by atoms with Crippen LogP contribution in [0.1, 0.15) is 4.88 Å². The Labute approximate surface area is 74.3 Å². The van der Waals surface area contributed by atoms with Gasteiger partial charge in [-0.15, -0.1) is 11.3 Å². The van der Waals surface area contributed by atoms with Gasteiger partial charge in [-0.1, -0.05) is 0 Å². The third-order valence-electron chi connectivity index (χ3n) is 1.63. The van der Waals surface area contributed by atoms with Crippen LogP contribution in [0.25, 0.3) is 5.69 Å². The molecule has 2 aromatic rings. The summed E-state index contributed by atoms with van der Waals surface area (Å²) in [5, 5.41) is 10.7. The molecule has 2 rings (SSSR count). The van der Waals surface area contributed by atoms with E-state index >= 15 is 0 Å². The molecule has 0 atom stereocenters. The van der Waals surface area contributed by atoms with E-state index in [4.69, 9.17) is 5.26 Å². The zero-order valence-corrected chi connectivity index (χ0v) is 7.08. The van der Waals surface area contributed by atoms with Crippen LogP contribution in [0.2, 0.25) is 0 Å². The van der Waals surface area contributed by atoms with Gasteiger partial charge in [0, 0.05) is 12.4 Å². The first-order valence-corrected chi connectivity index (χ1v) is 4.41. The lowest BCUT2D eigenvalue weighted by atomic mass is 10.4. The summed E-state index contributed by atoms with van der Waals surface area (Å²) in [7, 11) is 0. The molecule has 0 aliphatic carbocycles. The largest absolute Gasteiger partial charge is 0.322 e. The minimum Gasteiger partial charge on any atom is -0.322 e. The summed E-state index contributed by atoms with van der Waals surface area (Å²) in [6.07, 6.45) is 3.87. The second kappa shape index (κ2) is 2.84. The van der Waals surface area contributed by atoms with Crippen molar-refractivity contribution >= 4 is 11.3 Å². The summed E-state index contributed by atoms with van der Waals surface area (Å²) in [6, 6.07) is 8.00. The molecule has 2 aromatic heterocycles. The number of hydrogen-bond acceptors (Lipinski definition) is 2. The Kier molecular flexibility index (Phi) is 1.69. The number of thiophene rings is 1. The molecule has 0 N–H and O–H groups in total. The van der Waals surface area contributed by atoms with E-state index in [9.17, 15) is 0 Å². The molecule has 2 heterocycles. The van der Waals surface area contributed by atoms with Crippen LogP contribution in [-0.4, -0.2) is 4.57 Å². The molecule has 0 saturated carbocycles. The summed E-state index contributed by atoms with van der Waals surface area (Å²) < 4.78 is 1.94. The summed E-state index contributed by atoms with van der Waals surface area (Å²) in [4.78, 5) is 0.756. The number of nitrogens with zero attached hydrogens (tertiary/aromatic N) is 2. The van der Waals surface area contributed by atoms with E-state index < -0.39 is 0 Å². The molecule has 0 spiro atoms. The highest BCUT2D eigenvalue weighted by molar-refractivity contribution is 7.10. The molecule has 0 aromatic carbocycles. The van der Waals surface area contributed by atoms with Crippen LogP contribution >= 0.6 is 11.3 Å². The van der Waals surface area contributed by atoms with Gasteiger partial charge in [0.2, 0.25) is 0 Å². The highest BCUT2D eigenvalue weighted by Crippen LogP contribution is 2.19. The zero-order valence-electron chi connectivity index (χ0n) is 6.27. The van der Waals surface area contributed by atoms with Crippen molar-refractivity contribution < 1.29 is 0 Å². The quantitative estimate of drug-likeness (QED) is 0.652. The lowest BCUT2D eigenvalue weighted by Gasteiger charge is -1.97. The molecular formula is C9H6N2S. The van der Waals surface area contributed by atoms with E-state index in [2.05, 4.69) is 6.07 Å². The molecule has 0 radical (unpaired) electrons. The van der Waals surface area contributed by atoms with Gasteiger partial charge in [0.05, 0.1) is 5.69 Å². The monoisotopic (exact) mass is 174 g/mol. The van der Waals surface area contributed by atoms with E-state index in [1.54, 1.807) is 0 Å². The topological polar surface area (TPSA) is 28.7 Å². The fraction of sp³-hybridized carbons (Fsp3) is 0. The predicted molar refractivity (Wildman–Crippen MR) is 48.4 cm³/mol. The highest BCUT2D eigenvalue weighted by atomic mass is 32.1. The Hall–Kier alpha value is -1.53. The third-order valence-corrected chi connectivity index (χ3v) is 2.44. The standard InChI is InChI=1S/C9H6N2S/c10-7-9-8(3-6-12-9)11-4-1-2-5-11/h1-6H. The summed E-state index contributed by atoms with van der Waals surface area (Å²) in [5.74, 6) is 0.